The van der Waals surface area contributed by atoms with Crippen molar-refractivity contribution in [3.8, 4) is 0 Å². The molecule has 5 nitrogen and oxygen atoms in total. The Hall–Kier alpha value is -2.30. The van der Waals surface area contributed by atoms with Gasteiger partial charge in [-0.05, 0) is 37.6 Å². The molecule has 5 heteroatoms. The minimum atomic E-state index is -0.0557. The average molecular weight is 272 g/mol. The van der Waals surface area contributed by atoms with Gasteiger partial charge in [0.2, 0.25) is 5.91 Å². The second kappa shape index (κ2) is 5.77. The Morgan fingerprint density at radius 3 is 2.65 bits per heavy atom. The van der Waals surface area contributed by atoms with Gasteiger partial charge in [0.15, 0.2) is 0 Å². The number of carbonyl (C=O) groups excluding carboxylic acids is 1. The Kier molecular flexibility index (Phi) is 4.08. The van der Waals surface area contributed by atoms with Crippen LogP contribution < -0.4 is 10.6 Å². The lowest BCUT2D eigenvalue weighted by Crippen LogP contribution is -2.07. The molecular formula is C15H20N4O. The molecule has 0 saturated heterocycles. The number of aryl methyl sites for hydroxylation is 2. The number of hydrogen-bond acceptors (Lipinski definition) is 3. The lowest BCUT2D eigenvalue weighted by atomic mass is 10.1. The summed E-state index contributed by atoms with van der Waals surface area (Å²) in [5.41, 5.74) is 5.24. The van der Waals surface area contributed by atoms with E-state index in [9.17, 15) is 4.79 Å². The normalized spacial score (nSPS) is 10.4. The van der Waals surface area contributed by atoms with Crippen LogP contribution in [0, 0.1) is 13.8 Å². The maximum atomic E-state index is 11.1. The van der Waals surface area contributed by atoms with Crippen LogP contribution in [0.1, 0.15) is 23.7 Å². The summed E-state index contributed by atoms with van der Waals surface area (Å²) in [7, 11) is 1.94. The molecule has 0 unspecified atom stereocenters. The molecule has 20 heavy (non-hydrogen) atoms. The first-order chi connectivity index (χ1) is 9.47. The fourth-order valence-corrected chi connectivity index (χ4v) is 2.02. The molecule has 0 bridgehead atoms. The Labute approximate surface area is 119 Å². The summed E-state index contributed by atoms with van der Waals surface area (Å²) in [4.78, 5) is 11.1. The van der Waals surface area contributed by atoms with Gasteiger partial charge < -0.3 is 10.6 Å². The molecule has 0 aliphatic heterocycles. The van der Waals surface area contributed by atoms with Crippen LogP contribution in [-0.2, 0) is 18.4 Å². The lowest BCUT2D eigenvalue weighted by molar-refractivity contribution is -0.114. The van der Waals surface area contributed by atoms with Gasteiger partial charge in [0.25, 0.3) is 0 Å². The highest BCUT2D eigenvalue weighted by Crippen LogP contribution is 2.20. The average Bonchev–Trinajstić information content (AvgIpc) is 2.70. The third kappa shape index (κ3) is 3.17. The van der Waals surface area contributed by atoms with E-state index < -0.39 is 0 Å². The molecule has 2 aromatic rings. The summed E-state index contributed by atoms with van der Waals surface area (Å²) < 4.78 is 1.86. The minimum Gasteiger partial charge on any atom is -0.381 e. The van der Waals surface area contributed by atoms with Crippen molar-refractivity contribution in [3.05, 3.63) is 41.2 Å². The first kappa shape index (κ1) is 14.1. The van der Waals surface area contributed by atoms with Gasteiger partial charge in [0.05, 0.1) is 6.20 Å². The molecule has 0 aliphatic carbocycles. The van der Waals surface area contributed by atoms with E-state index in [1.807, 2.05) is 43.0 Å². The maximum absolute atomic E-state index is 11.1. The van der Waals surface area contributed by atoms with Crippen molar-refractivity contribution in [1.29, 1.82) is 0 Å². The summed E-state index contributed by atoms with van der Waals surface area (Å²) in [6, 6.07) is 5.90. The van der Waals surface area contributed by atoms with Gasteiger partial charge in [0.1, 0.15) is 0 Å². The third-order valence-corrected chi connectivity index (χ3v) is 3.36. The van der Waals surface area contributed by atoms with E-state index in [0.717, 1.165) is 29.2 Å². The van der Waals surface area contributed by atoms with Crippen LogP contribution in [0.3, 0.4) is 0 Å². The van der Waals surface area contributed by atoms with Crippen molar-refractivity contribution in [2.45, 2.75) is 27.3 Å². The summed E-state index contributed by atoms with van der Waals surface area (Å²) in [6.07, 6.45) is 1.88. The predicted molar refractivity (Wildman–Crippen MR) is 80.8 cm³/mol. The van der Waals surface area contributed by atoms with Crippen molar-refractivity contribution in [2.75, 3.05) is 10.6 Å². The Morgan fingerprint density at radius 1 is 1.35 bits per heavy atom. The summed E-state index contributed by atoms with van der Waals surface area (Å²) >= 11 is 0. The summed E-state index contributed by atoms with van der Waals surface area (Å²) in [5.74, 6) is -0.0557. The number of carbonyl (C=O) groups is 1. The zero-order valence-corrected chi connectivity index (χ0v) is 12.3. The van der Waals surface area contributed by atoms with E-state index in [-0.39, 0.29) is 5.91 Å². The second-order valence-electron chi connectivity index (χ2n) is 4.94. The van der Waals surface area contributed by atoms with Gasteiger partial charge >= 0.3 is 0 Å². The Bertz CT molecular complexity index is 631. The van der Waals surface area contributed by atoms with Crippen molar-refractivity contribution in [2.24, 2.45) is 7.05 Å². The van der Waals surface area contributed by atoms with E-state index in [1.54, 1.807) is 0 Å². The number of aromatic nitrogens is 2. The van der Waals surface area contributed by atoms with E-state index in [4.69, 9.17) is 0 Å². The molecule has 1 heterocycles. The first-order valence-corrected chi connectivity index (χ1v) is 6.57. The fraction of sp³-hybridized carbons (Fsp3) is 0.333. The Balaban J connectivity index is 2.05. The largest absolute Gasteiger partial charge is 0.381 e. The number of amides is 1. The van der Waals surface area contributed by atoms with Crippen LogP contribution in [0.5, 0.6) is 0 Å². The molecule has 2 N–H and O–H groups in total. The monoisotopic (exact) mass is 272 g/mol. The molecule has 0 radical (unpaired) electrons. The summed E-state index contributed by atoms with van der Waals surface area (Å²) in [5, 5.41) is 10.4. The van der Waals surface area contributed by atoms with Gasteiger partial charge in [-0.3, -0.25) is 9.48 Å². The highest BCUT2D eigenvalue weighted by molar-refractivity contribution is 5.89. The lowest BCUT2D eigenvalue weighted by Gasteiger charge is -2.11. The van der Waals surface area contributed by atoms with Gasteiger partial charge in [0, 0.05) is 43.1 Å². The number of benzene rings is 1. The SMILES string of the molecule is CC(=O)Nc1ccc(NCc2cnn(C)c2C)cc1C. The molecule has 1 amide bonds. The predicted octanol–water partition coefficient (Wildman–Crippen LogP) is 2.61. The number of nitrogens with zero attached hydrogens (tertiary/aromatic N) is 2. The van der Waals surface area contributed by atoms with Crippen LogP contribution in [0.4, 0.5) is 11.4 Å². The molecule has 0 fully saturated rings. The zero-order chi connectivity index (χ0) is 14.7. The van der Waals surface area contributed by atoms with E-state index >= 15 is 0 Å². The van der Waals surface area contributed by atoms with Crippen LogP contribution in [-0.4, -0.2) is 15.7 Å². The van der Waals surface area contributed by atoms with Crippen molar-refractivity contribution in [3.63, 3.8) is 0 Å². The first-order valence-electron chi connectivity index (χ1n) is 6.57. The molecule has 1 aromatic heterocycles. The van der Waals surface area contributed by atoms with E-state index in [2.05, 4.69) is 22.7 Å². The van der Waals surface area contributed by atoms with Crippen LogP contribution in [0.15, 0.2) is 24.4 Å². The molecule has 2 rings (SSSR count). The standard InChI is InChI=1S/C15H20N4O/c1-10-7-14(5-6-15(10)18-12(3)20)16-8-13-9-17-19(4)11(13)2/h5-7,9,16H,8H2,1-4H3,(H,18,20). The van der Waals surface area contributed by atoms with Gasteiger partial charge in [-0.1, -0.05) is 0 Å². The van der Waals surface area contributed by atoms with Crippen LogP contribution in [0.2, 0.25) is 0 Å². The Morgan fingerprint density at radius 2 is 2.10 bits per heavy atom. The van der Waals surface area contributed by atoms with Crippen LogP contribution >= 0.6 is 0 Å². The highest BCUT2D eigenvalue weighted by Gasteiger charge is 2.05. The fourth-order valence-electron chi connectivity index (χ4n) is 2.02. The molecule has 0 atom stereocenters. The van der Waals surface area contributed by atoms with Gasteiger partial charge in [-0.15, -0.1) is 0 Å². The van der Waals surface area contributed by atoms with Gasteiger partial charge in [-0.2, -0.15) is 5.10 Å². The number of nitrogens with one attached hydrogen (secondary N) is 2. The van der Waals surface area contributed by atoms with E-state index in [0.29, 0.717) is 0 Å². The number of hydrogen-bond donors (Lipinski definition) is 2. The quantitative estimate of drug-likeness (QED) is 0.899. The zero-order valence-electron chi connectivity index (χ0n) is 12.3. The smallest absolute Gasteiger partial charge is 0.221 e. The highest BCUT2D eigenvalue weighted by atomic mass is 16.1. The van der Waals surface area contributed by atoms with Crippen molar-refractivity contribution in [1.82, 2.24) is 9.78 Å². The second-order valence-corrected chi connectivity index (χ2v) is 4.94. The molecule has 1 aromatic carbocycles. The molecule has 0 saturated carbocycles. The van der Waals surface area contributed by atoms with Gasteiger partial charge in [-0.25, -0.2) is 0 Å². The third-order valence-electron chi connectivity index (χ3n) is 3.36. The molecular weight excluding hydrogens is 252 g/mol. The number of anilines is 2. The van der Waals surface area contributed by atoms with Crippen molar-refractivity contribution < 1.29 is 4.79 Å². The van der Waals surface area contributed by atoms with E-state index in [1.165, 1.54) is 12.5 Å². The van der Waals surface area contributed by atoms with Crippen molar-refractivity contribution >= 4 is 17.3 Å². The number of rotatable bonds is 4. The summed E-state index contributed by atoms with van der Waals surface area (Å²) in [6.45, 7) is 6.27. The van der Waals surface area contributed by atoms with Crippen LogP contribution in [0.25, 0.3) is 0 Å². The molecule has 0 spiro atoms. The maximum Gasteiger partial charge on any atom is 0.221 e. The topological polar surface area (TPSA) is 59.0 Å². The minimum absolute atomic E-state index is 0.0557. The molecule has 0 aliphatic rings. The molecule has 106 valence electrons.